The van der Waals surface area contributed by atoms with E-state index in [4.69, 9.17) is 9.47 Å². The minimum absolute atomic E-state index is 0.740. The highest BCUT2D eigenvalue weighted by Crippen LogP contribution is 2.56. The summed E-state index contributed by atoms with van der Waals surface area (Å²) in [5, 5.41) is 2.32. The van der Waals surface area contributed by atoms with Gasteiger partial charge >= 0.3 is 0 Å². The monoisotopic (exact) mass is 200 g/mol. The van der Waals surface area contributed by atoms with Crippen LogP contribution in [0.5, 0.6) is 17.2 Å². The Labute approximate surface area is 88.4 Å². The summed E-state index contributed by atoms with van der Waals surface area (Å²) in [6, 6.07) is 10.3. The Morgan fingerprint density at radius 1 is 1.27 bits per heavy atom. The Morgan fingerprint density at radius 2 is 2.13 bits per heavy atom. The summed E-state index contributed by atoms with van der Waals surface area (Å²) in [6.07, 6.45) is 1.01. The highest BCUT2D eigenvalue weighted by molar-refractivity contribution is 5.95. The Morgan fingerprint density at radius 3 is 3.00 bits per heavy atom. The number of benzene rings is 2. The molecule has 1 aliphatic heterocycles. The van der Waals surface area contributed by atoms with Crippen molar-refractivity contribution >= 4 is 10.8 Å². The molecule has 2 heteroatoms. The van der Waals surface area contributed by atoms with Crippen molar-refractivity contribution in [2.75, 3.05) is 6.61 Å². The second kappa shape index (κ2) is 3.16. The van der Waals surface area contributed by atoms with Crippen molar-refractivity contribution in [1.82, 2.24) is 0 Å². The molecule has 0 fully saturated rings. The van der Waals surface area contributed by atoms with E-state index in [1.54, 1.807) is 0 Å². The Hall–Kier alpha value is -1.70. The summed E-state index contributed by atoms with van der Waals surface area (Å²) >= 11 is 0. The summed E-state index contributed by atoms with van der Waals surface area (Å²) in [5.41, 5.74) is 0. The Bertz CT molecular complexity index is 517. The molecule has 3 rings (SSSR count). The van der Waals surface area contributed by atoms with Crippen LogP contribution in [0.25, 0.3) is 10.8 Å². The van der Waals surface area contributed by atoms with E-state index in [1.807, 2.05) is 12.1 Å². The van der Waals surface area contributed by atoms with Crippen LogP contribution in [-0.2, 0) is 0 Å². The van der Waals surface area contributed by atoms with E-state index >= 15 is 0 Å². The first-order valence-electron chi connectivity index (χ1n) is 5.26. The van der Waals surface area contributed by atoms with Crippen LogP contribution in [0.4, 0.5) is 0 Å². The van der Waals surface area contributed by atoms with Gasteiger partial charge in [-0.15, -0.1) is 0 Å². The molecule has 1 heterocycles. The average Bonchev–Trinajstić information content (AvgIpc) is 3.02. The molecule has 0 bridgehead atoms. The van der Waals surface area contributed by atoms with Gasteiger partial charge in [0.25, 0.3) is 0 Å². The molecule has 1 aliphatic rings. The van der Waals surface area contributed by atoms with Crippen LogP contribution >= 0.6 is 0 Å². The van der Waals surface area contributed by atoms with E-state index in [0.717, 1.165) is 35.7 Å². The van der Waals surface area contributed by atoms with E-state index in [0.29, 0.717) is 0 Å². The number of hydrogen-bond acceptors (Lipinski definition) is 2. The van der Waals surface area contributed by atoms with Gasteiger partial charge in [0.05, 0.1) is 6.61 Å². The quantitative estimate of drug-likeness (QED) is 0.601. The largest absolute Gasteiger partial charge is 0.489 e. The third kappa shape index (κ3) is 1.33. The fraction of sp³-hybridized carbons (Fsp3) is 0.231. The summed E-state index contributed by atoms with van der Waals surface area (Å²) in [7, 11) is 0. The molecule has 0 spiro atoms. The predicted molar refractivity (Wildman–Crippen MR) is 59.8 cm³/mol. The van der Waals surface area contributed by atoms with Gasteiger partial charge in [0.15, 0.2) is 11.5 Å². The highest BCUT2D eigenvalue weighted by Gasteiger charge is 2.28. The maximum Gasteiger partial charge on any atom is 0.212 e. The third-order valence-corrected chi connectivity index (χ3v) is 2.54. The molecule has 0 amide bonds. The van der Waals surface area contributed by atoms with Gasteiger partial charge < -0.3 is 9.47 Å². The second-order valence-electron chi connectivity index (χ2n) is 3.70. The maximum atomic E-state index is 5.73. The smallest absolute Gasteiger partial charge is 0.212 e. The van der Waals surface area contributed by atoms with Crippen LogP contribution in [0.15, 0.2) is 30.3 Å². The number of hydrogen-bond donors (Lipinski definition) is 0. The lowest BCUT2D eigenvalue weighted by molar-refractivity contribution is 0.318. The van der Waals surface area contributed by atoms with Crippen LogP contribution in [0.3, 0.4) is 0 Å². The molecule has 2 aromatic carbocycles. The van der Waals surface area contributed by atoms with E-state index < -0.39 is 0 Å². The summed E-state index contributed by atoms with van der Waals surface area (Å²) < 4.78 is 11.1. The minimum atomic E-state index is 0.740. The minimum Gasteiger partial charge on any atom is -0.489 e. The van der Waals surface area contributed by atoms with Crippen LogP contribution in [0.1, 0.15) is 13.3 Å². The molecule has 0 saturated carbocycles. The zero-order valence-electron chi connectivity index (χ0n) is 8.62. The SMILES string of the molecule is CCCOc1c2c(cc3ccccc13)O2. The molecule has 15 heavy (non-hydrogen) atoms. The van der Waals surface area contributed by atoms with Crippen molar-refractivity contribution in [3.63, 3.8) is 0 Å². The molecule has 0 saturated heterocycles. The molecule has 76 valence electrons. The number of ether oxygens (including phenoxy) is 2. The lowest BCUT2D eigenvalue weighted by atomic mass is 10.1. The van der Waals surface area contributed by atoms with Gasteiger partial charge in [-0.25, -0.2) is 0 Å². The lowest BCUT2D eigenvalue weighted by Gasteiger charge is -2.05. The molecule has 0 aliphatic carbocycles. The molecule has 0 unspecified atom stereocenters. The van der Waals surface area contributed by atoms with Crippen molar-refractivity contribution in [2.45, 2.75) is 13.3 Å². The first-order chi connectivity index (χ1) is 7.40. The van der Waals surface area contributed by atoms with Gasteiger partial charge in [-0.2, -0.15) is 0 Å². The zero-order valence-corrected chi connectivity index (χ0v) is 8.62. The molecule has 0 N–H and O–H groups in total. The van der Waals surface area contributed by atoms with E-state index in [1.165, 1.54) is 5.39 Å². The van der Waals surface area contributed by atoms with Crippen molar-refractivity contribution in [3.05, 3.63) is 30.3 Å². The van der Waals surface area contributed by atoms with Crippen molar-refractivity contribution in [2.24, 2.45) is 0 Å². The van der Waals surface area contributed by atoms with Gasteiger partial charge in [0.2, 0.25) is 5.75 Å². The highest BCUT2D eigenvalue weighted by atomic mass is 16.6. The Kier molecular flexibility index (Phi) is 1.81. The predicted octanol–water partition coefficient (Wildman–Crippen LogP) is 3.73. The number of fused-ring (bicyclic) bond motifs is 2. The standard InChI is InChI=1S/C13H12O2/c1-2-7-14-12-10-6-4-3-5-9(10)8-11-13(12)15-11/h3-6,8H,2,7H2,1H3. The molecule has 2 aromatic rings. The molecule has 0 radical (unpaired) electrons. The molecular formula is C13H12O2. The van der Waals surface area contributed by atoms with Crippen LogP contribution < -0.4 is 9.47 Å². The fourth-order valence-corrected chi connectivity index (χ4v) is 1.78. The van der Waals surface area contributed by atoms with Gasteiger partial charge in [-0.3, -0.25) is 0 Å². The summed E-state index contributed by atoms with van der Waals surface area (Å²) in [5.74, 6) is 2.78. The van der Waals surface area contributed by atoms with E-state index in [2.05, 4.69) is 25.1 Å². The zero-order chi connectivity index (χ0) is 10.3. The molecule has 2 nitrogen and oxygen atoms in total. The van der Waals surface area contributed by atoms with Crippen LogP contribution in [0, 0.1) is 0 Å². The van der Waals surface area contributed by atoms with Gasteiger partial charge in [-0.05, 0) is 17.9 Å². The molecule has 0 atom stereocenters. The lowest BCUT2D eigenvalue weighted by Crippen LogP contribution is -1.94. The van der Waals surface area contributed by atoms with Crippen LogP contribution in [-0.4, -0.2) is 6.61 Å². The van der Waals surface area contributed by atoms with Crippen molar-refractivity contribution in [3.8, 4) is 17.2 Å². The Balaban J connectivity index is 2.15. The van der Waals surface area contributed by atoms with E-state index in [9.17, 15) is 0 Å². The van der Waals surface area contributed by atoms with Gasteiger partial charge in [0.1, 0.15) is 0 Å². The summed E-state index contributed by atoms with van der Waals surface area (Å²) in [6.45, 7) is 2.84. The topological polar surface area (TPSA) is 21.8 Å². The van der Waals surface area contributed by atoms with Crippen molar-refractivity contribution in [1.29, 1.82) is 0 Å². The normalized spacial score (nSPS) is 12.1. The van der Waals surface area contributed by atoms with Crippen molar-refractivity contribution < 1.29 is 9.47 Å². The average molecular weight is 200 g/mol. The maximum absolute atomic E-state index is 5.73. The summed E-state index contributed by atoms with van der Waals surface area (Å²) in [4.78, 5) is 0. The van der Waals surface area contributed by atoms with Gasteiger partial charge in [0, 0.05) is 5.39 Å². The first-order valence-corrected chi connectivity index (χ1v) is 5.26. The molecule has 0 aromatic heterocycles. The second-order valence-corrected chi connectivity index (χ2v) is 3.70. The van der Waals surface area contributed by atoms with Crippen LogP contribution in [0.2, 0.25) is 0 Å². The number of rotatable bonds is 3. The fourth-order valence-electron chi connectivity index (χ4n) is 1.78. The first kappa shape index (κ1) is 8.60. The molecular weight excluding hydrogens is 188 g/mol. The van der Waals surface area contributed by atoms with Gasteiger partial charge in [-0.1, -0.05) is 31.2 Å². The third-order valence-electron chi connectivity index (χ3n) is 2.54. The van der Waals surface area contributed by atoms with E-state index in [-0.39, 0.29) is 0 Å².